The van der Waals surface area contributed by atoms with Gasteiger partial charge in [-0.3, -0.25) is 4.98 Å². The van der Waals surface area contributed by atoms with Crippen LogP contribution >= 0.6 is 0 Å². The summed E-state index contributed by atoms with van der Waals surface area (Å²) in [7, 11) is 0. The lowest BCUT2D eigenvalue weighted by Gasteiger charge is -2.07. The molecule has 1 heterocycles. The zero-order valence-corrected chi connectivity index (χ0v) is 19.6. The average Bonchev–Trinajstić information content (AvgIpc) is 2.82. The third-order valence-electron chi connectivity index (χ3n) is 6.19. The van der Waals surface area contributed by atoms with E-state index in [1.54, 1.807) is 0 Å². The zero-order chi connectivity index (χ0) is 21.7. The van der Waals surface area contributed by atoms with Gasteiger partial charge < -0.3 is 0 Å². The van der Waals surface area contributed by atoms with E-state index >= 15 is 0 Å². The highest BCUT2D eigenvalue weighted by atomic mass is 14.7. The van der Waals surface area contributed by atoms with Gasteiger partial charge in [-0.2, -0.15) is 0 Å². The fourth-order valence-corrected chi connectivity index (χ4v) is 4.08. The minimum absolute atomic E-state index is 1.07. The molecule has 1 heteroatoms. The molecular weight excluding hydrogens is 374 g/mol. The van der Waals surface area contributed by atoms with Gasteiger partial charge in [0.25, 0.3) is 0 Å². The van der Waals surface area contributed by atoms with Crippen molar-refractivity contribution in [2.45, 2.75) is 84.5 Å². The number of hydrogen-bond acceptors (Lipinski definition) is 1. The van der Waals surface area contributed by atoms with Crippen LogP contribution < -0.4 is 0 Å². The summed E-state index contributed by atoms with van der Waals surface area (Å²) in [6.45, 7) is 4.52. The van der Waals surface area contributed by atoms with Crippen LogP contribution in [0.25, 0.3) is 11.3 Å². The summed E-state index contributed by atoms with van der Waals surface area (Å²) >= 11 is 0. The minimum atomic E-state index is 1.07. The number of hydrogen-bond donors (Lipinski definition) is 0. The van der Waals surface area contributed by atoms with Crippen molar-refractivity contribution in [3.8, 4) is 11.3 Å². The predicted molar refractivity (Wildman–Crippen MR) is 135 cm³/mol. The Morgan fingerprint density at radius 3 is 1.55 bits per heavy atom. The van der Waals surface area contributed by atoms with Crippen LogP contribution in [0.3, 0.4) is 0 Å². The minimum Gasteiger partial charge on any atom is -0.256 e. The second kappa shape index (κ2) is 13.1. The van der Waals surface area contributed by atoms with Crippen LogP contribution in [-0.4, -0.2) is 4.98 Å². The van der Waals surface area contributed by atoms with Crippen molar-refractivity contribution in [3.05, 3.63) is 89.1 Å². The second-order valence-corrected chi connectivity index (χ2v) is 8.83. The SMILES string of the molecule is CCCCCCc1ccc(-c2ccc(CCc3ccc(CCCCC)cc3)cc2)nc1. The summed E-state index contributed by atoms with van der Waals surface area (Å²) in [4.78, 5) is 4.71. The van der Waals surface area contributed by atoms with E-state index in [1.165, 1.54) is 79.2 Å². The summed E-state index contributed by atoms with van der Waals surface area (Å²) in [6.07, 6.45) is 15.7. The lowest BCUT2D eigenvalue weighted by Crippen LogP contribution is -1.93. The fourth-order valence-electron chi connectivity index (χ4n) is 4.08. The Hall–Kier alpha value is -2.41. The van der Waals surface area contributed by atoms with Crippen molar-refractivity contribution >= 4 is 0 Å². The van der Waals surface area contributed by atoms with Gasteiger partial charge in [0, 0.05) is 11.8 Å². The van der Waals surface area contributed by atoms with Crippen LogP contribution in [0, 0.1) is 0 Å². The van der Waals surface area contributed by atoms with Crippen molar-refractivity contribution in [2.75, 3.05) is 0 Å². The molecule has 1 aromatic heterocycles. The molecule has 0 N–H and O–H groups in total. The molecule has 0 aliphatic rings. The third-order valence-corrected chi connectivity index (χ3v) is 6.19. The first-order valence-electron chi connectivity index (χ1n) is 12.4. The molecule has 0 bridgehead atoms. The van der Waals surface area contributed by atoms with Crippen LogP contribution in [0.2, 0.25) is 0 Å². The average molecular weight is 414 g/mol. The van der Waals surface area contributed by atoms with Crippen molar-refractivity contribution in [1.82, 2.24) is 4.98 Å². The molecule has 31 heavy (non-hydrogen) atoms. The smallest absolute Gasteiger partial charge is 0.0702 e. The van der Waals surface area contributed by atoms with Crippen molar-refractivity contribution in [3.63, 3.8) is 0 Å². The van der Waals surface area contributed by atoms with E-state index in [2.05, 4.69) is 80.7 Å². The summed E-state index contributed by atoms with van der Waals surface area (Å²) in [5, 5.41) is 0. The van der Waals surface area contributed by atoms with E-state index < -0.39 is 0 Å². The van der Waals surface area contributed by atoms with Crippen LogP contribution in [0.15, 0.2) is 66.9 Å². The van der Waals surface area contributed by atoms with E-state index in [9.17, 15) is 0 Å². The largest absolute Gasteiger partial charge is 0.256 e. The highest BCUT2D eigenvalue weighted by Crippen LogP contribution is 2.20. The van der Waals surface area contributed by atoms with E-state index in [-0.39, 0.29) is 0 Å². The Labute approximate surface area is 190 Å². The van der Waals surface area contributed by atoms with Gasteiger partial charge in [-0.15, -0.1) is 0 Å². The van der Waals surface area contributed by atoms with Crippen LogP contribution in [0.1, 0.15) is 81.0 Å². The Morgan fingerprint density at radius 2 is 0.968 bits per heavy atom. The standard InChI is InChI=1S/C30H39N/c1-3-5-7-9-11-28-20-23-30(31-24-28)29-21-18-27(19-22-29)17-16-26-14-12-25(13-15-26)10-8-6-4-2/h12-15,18-24H,3-11,16-17H2,1-2H3. The van der Waals surface area contributed by atoms with E-state index in [4.69, 9.17) is 4.98 Å². The highest BCUT2D eigenvalue weighted by molar-refractivity contribution is 5.59. The number of nitrogens with zero attached hydrogens (tertiary/aromatic N) is 1. The number of aryl methyl sites for hydroxylation is 4. The van der Waals surface area contributed by atoms with Crippen LogP contribution in [0.4, 0.5) is 0 Å². The molecule has 0 aliphatic heterocycles. The first-order valence-corrected chi connectivity index (χ1v) is 12.4. The van der Waals surface area contributed by atoms with Gasteiger partial charge in [0.2, 0.25) is 0 Å². The van der Waals surface area contributed by atoms with Gasteiger partial charge in [-0.05, 0) is 66.8 Å². The van der Waals surface area contributed by atoms with Gasteiger partial charge in [0.05, 0.1) is 5.69 Å². The molecule has 0 aliphatic carbocycles. The molecule has 3 aromatic rings. The zero-order valence-electron chi connectivity index (χ0n) is 19.6. The van der Waals surface area contributed by atoms with Crippen LogP contribution in [-0.2, 0) is 25.7 Å². The molecule has 0 saturated carbocycles. The Kier molecular flexibility index (Phi) is 9.83. The van der Waals surface area contributed by atoms with Gasteiger partial charge >= 0.3 is 0 Å². The molecule has 3 rings (SSSR count). The summed E-state index contributed by atoms with van der Waals surface area (Å²) in [5.74, 6) is 0. The maximum Gasteiger partial charge on any atom is 0.0702 e. The second-order valence-electron chi connectivity index (χ2n) is 8.83. The third kappa shape index (κ3) is 7.98. The molecule has 0 saturated heterocycles. The maximum absolute atomic E-state index is 4.71. The Bertz CT molecular complexity index is 860. The Balaban J connectivity index is 1.47. The first-order chi connectivity index (χ1) is 15.3. The van der Waals surface area contributed by atoms with Gasteiger partial charge in [0.15, 0.2) is 0 Å². The number of pyridine rings is 1. The van der Waals surface area contributed by atoms with Crippen molar-refractivity contribution in [2.24, 2.45) is 0 Å². The predicted octanol–water partition coefficient (Wildman–Crippen LogP) is 8.39. The lowest BCUT2D eigenvalue weighted by atomic mass is 10.00. The highest BCUT2D eigenvalue weighted by Gasteiger charge is 2.02. The summed E-state index contributed by atoms with van der Waals surface area (Å²) in [5.41, 5.74) is 7.93. The number of aromatic nitrogens is 1. The molecule has 0 fully saturated rings. The fraction of sp³-hybridized carbons (Fsp3) is 0.433. The molecule has 164 valence electrons. The number of rotatable bonds is 13. The molecule has 2 aromatic carbocycles. The van der Waals surface area contributed by atoms with E-state index in [1.807, 2.05) is 0 Å². The van der Waals surface area contributed by atoms with Gasteiger partial charge in [-0.1, -0.05) is 101 Å². The summed E-state index contributed by atoms with van der Waals surface area (Å²) < 4.78 is 0. The molecule has 1 nitrogen and oxygen atoms in total. The number of unbranched alkanes of at least 4 members (excludes halogenated alkanes) is 5. The Morgan fingerprint density at radius 1 is 0.484 bits per heavy atom. The molecule has 0 radical (unpaired) electrons. The first kappa shape index (κ1) is 23.3. The molecule has 0 atom stereocenters. The molecule has 0 spiro atoms. The topological polar surface area (TPSA) is 12.9 Å². The van der Waals surface area contributed by atoms with Gasteiger partial charge in [-0.25, -0.2) is 0 Å². The van der Waals surface area contributed by atoms with E-state index in [0.717, 1.165) is 25.0 Å². The lowest BCUT2D eigenvalue weighted by molar-refractivity contribution is 0.666. The normalized spacial score (nSPS) is 11.0. The van der Waals surface area contributed by atoms with Crippen molar-refractivity contribution in [1.29, 1.82) is 0 Å². The van der Waals surface area contributed by atoms with Gasteiger partial charge in [0.1, 0.15) is 0 Å². The molecular formula is C30H39N. The monoisotopic (exact) mass is 413 g/mol. The molecule has 0 unspecified atom stereocenters. The van der Waals surface area contributed by atoms with Crippen LogP contribution in [0.5, 0.6) is 0 Å². The maximum atomic E-state index is 4.71. The quantitative estimate of drug-likeness (QED) is 0.256. The number of benzene rings is 2. The summed E-state index contributed by atoms with van der Waals surface area (Å²) in [6, 6.07) is 22.6. The van der Waals surface area contributed by atoms with E-state index in [0.29, 0.717) is 0 Å². The molecule has 0 amide bonds. The van der Waals surface area contributed by atoms with Crippen molar-refractivity contribution < 1.29 is 0 Å².